The molecule has 9 heteroatoms. The lowest BCUT2D eigenvalue weighted by molar-refractivity contribution is -0.140. The van der Waals surface area contributed by atoms with Crippen LogP contribution in [0.3, 0.4) is 0 Å². The summed E-state index contributed by atoms with van der Waals surface area (Å²) in [4.78, 5) is 27.3. The Morgan fingerprint density at radius 2 is 1.81 bits per heavy atom. The largest absolute Gasteiger partial charge is 0.357 e. The second-order valence-electron chi connectivity index (χ2n) is 7.30. The summed E-state index contributed by atoms with van der Waals surface area (Å²) in [6.07, 6.45) is 1.41. The van der Waals surface area contributed by atoms with Gasteiger partial charge >= 0.3 is 0 Å². The number of nitrogens with one attached hydrogen (secondary N) is 1. The maximum atomic E-state index is 13.4. The van der Waals surface area contributed by atoms with Gasteiger partial charge in [0, 0.05) is 18.6 Å². The summed E-state index contributed by atoms with van der Waals surface area (Å²) in [5.74, 6) is -0.792. The lowest BCUT2D eigenvalue weighted by Gasteiger charge is -2.32. The number of aryl methyl sites for hydroxylation is 1. The van der Waals surface area contributed by atoms with Gasteiger partial charge in [0.05, 0.1) is 11.9 Å². The van der Waals surface area contributed by atoms with Crippen molar-refractivity contribution in [2.45, 2.75) is 32.9 Å². The van der Waals surface area contributed by atoms with Gasteiger partial charge in [-0.2, -0.15) is 0 Å². The van der Waals surface area contributed by atoms with Crippen molar-refractivity contribution in [3.8, 4) is 0 Å². The minimum atomic E-state index is -3.77. The predicted octanol–water partition coefficient (Wildman–Crippen LogP) is 2.97. The van der Waals surface area contributed by atoms with E-state index in [-0.39, 0.29) is 18.1 Å². The fraction of sp³-hybridized carbons (Fsp3) is 0.364. The second-order valence-corrected chi connectivity index (χ2v) is 9.64. The first-order valence-electron chi connectivity index (χ1n) is 9.86. The molecule has 0 fully saturated rings. The van der Waals surface area contributed by atoms with E-state index in [1.54, 1.807) is 18.2 Å². The molecule has 2 aromatic rings. The zero-order valence-corrected chi connectivity index (χ0v) is 19.7. The molecule has 1 atom stereocenters. The van der Waals surface area contributed by atoms with Crippen molar-refractivity contribution < 1.29 is 18.0 Å². The Morgan fingerprint density at radius 3 is 2.35 bits per heavy atom. The number of hydrogen-bond acceptors (Lipinski definition) is 4. The van der Waals surface area contributed by atoms with Crippen LogP contribution < -0.4 is 9.62 Å². The first-order valence-corrected chi connectivity index (χ1v) is 12.1. The highest BCUT2D eigenvalue weighted by Gasteiger charge is 2.31. The molecule has 31 heavy (non-hydrogen) atoms. The molecule has 2 amide bonds. The number of rotatable bonds is 9. The van der Waals surface area contributed by atoms with Crippen molar-refractivity contribution in [2.75, 3.05) is 24.2 Å². The third-order valence-electron chi connectivity index (χ3n) is 4.84. The van der Waals surface area contributed by atoms with Crippen LogP contribution in [0.25, 0.3) is 0 Å². The molecule has 0 aliphatic heterocycles. The van der Waals surface area contributed by atoms with Gasteiger partial charge in [-0.25, -0.2) is 8.42 Å². The summed E-state index contributed by atoms with van der Waals surface area (Å²) in [6, 6.07) is 13.2. The first kappa shape index (κ1) is 24.7. The molecular formula is C22H28ClN3O4S. The summed E-state index contributed by atoms with van der Waals surface area (Å²) in [6.45, 7) is 3.48. The Balaban J connectivity index is 2.43. The highest BCUT2D eigenvalue weighted by Crippen LogP contribution is 2.23. The molecule has 1 N–H and O–H groups in total. The van der Waals surface area contributed by atoms with Crippen LogP contribution >= 0.6 is 11.6 Å². The molecule has 0 radical (unpaired) electrons. The van der Waals surface area contributed by atoms with Gasteiger partial charge in [0.25, 0.3) is 0 Å². The molecule has 2 rings (SSSR count). The van der Waals surface area contributed by atoms with Gasteiger partial charge in [-0.1, -0.05) is 54.4 Å². The fourth-order valence-electron chi connectivity index (χ4n) is 3.34. The zero-order chi connectivity index (χ0) is 23.2. The Labute approximate surface area is 189 Å². The monoisotopic (exact) mass is 465 g/mol. The second kappa shape index (κ2) is 10.6. The maximum absolute atomic E-state index is 13.4. The van der Waals surface area contributed by atoms with Gasteiger partial charge in [0.1, 0.15) is 12.6 Å². The Morgan fingerprint density at radius 1 is 1.13 bits per heavy atom. The molecule has 2 aromatic carbocycles. The molecule has 0 aromatic heterocycles. The highest BCUT2D eigenvalue weighted by molar-refractivity contribution is 7.92. The summed E-state index contributed by atoms with van der Waals surface area (Å²) < 4.78 is 25.9. The zero-order valence-electron chi connectivity index (χ0n) is 18.1. The average Bonchev–Trinajstić information content (AvgIpc) is 2.70. The number of nitrogens with zero attached hydrogens (tertiary/aromatic N) is 2. The molecule has 168 valence electrons. The van der Waals surface area contributed by atoms with E-state index in [1.165, 1.54) is 18.0 Å². The molecule has 0 heterocycles. The number of carbonyl (C=O) groups is 2. The van der Waals surface area contributed by atoms with Crippen molar-refractivity contribution in [1.82, 2.24) is 10.2 Å². The van der Waals surface area contributed by atoms with E-state index < -0.39 is 28.5 Å². The fourth-order valence-corrected chi connectivity index (χ4v) is 4.36. The minimum absolute atomic E-state index is 0.180. The normalized spacial score (nSPS) is 12.2. The van der Waals surface area contributed by atoms with Crippen LogP contribution in [0.15, 0.2) is 48.5 Å². The molecule has 1 unspecified atom stereocenters. The van der Waals surface area contributed by atoms with E-state index in [2.05, 4.69) is 5.32 Å². The summed E-state index contributed by atoms with van der Waals surface area (Å²) in [7, 11) is -2.27. The van der Waals surface area contributed by atoms with Gasteiger partial charge in [-0.15, -0.1) is 0 Å². The quantitative estimate of drug-likeness (QED) is 0.616. The summed E-state index contributed by atoms with van der Waals surface area (Å²) >= 11 is 6.02. The van der Waals surface area contributed by atoms with Crippen molar-refractivity contribution in [1.29, 1.82) is 0 Å². The van der Waals surface area contributed by atoms with Crippen LogP contribution in [0.5, 0.6) is 0 Å². The number of halogens is 1. The van der Waals surface area contributed by atoms with Crippen LogP contribution in [-0.4, -0.2) is 51.0 Å². The highest BCUT2D eigenvalue weighted by atomic mass is 35.5. The molecular weight excluding hydrogens is 438 g/mol. The smallest absolute Gasteiger partial charge is 0.244 e. The van der Waals surface area contributed by atoms with Gasteiger partial charge in [0.2, 0.25) is 21.8 Å². The lowest BCUT2D eigenvalue weighted by Crippen LogP contribution is -2.51. The van der Waals surface area contributed by atoms with E-state index in [1.807, 2.05) is 38.1 Å². The van der Waals surface area contributed by atoms with Crippen molar-refractivity contribution >= 4 is 39.1 Å². The molecule has 0 bridgehead atoms. The van der Waals surface area contributed by atoms with Gasteiger partial charge < -0.3 is 10.2 Å². The predicted molar refractivity (Wildman–Crippen MR) is 124 cm³/mol. The number of hydrogen-bond donors (Lipinski definition) is 1. The molecule has 0 saturated carbocycles. The molecule has 0 aliphatic rings. The number of anilines is 1. The van der Waals surface area contributed by atoms with E-state index in [0.29, 0.717) is 11.4 Å². The molecule has 0 saturated heterocycles. The summed E-state index contributed by atoms with van der Waals surface area (Å²) in [5, 5.41) is 2.94. The number of benzene rings is 2. The third kappa shape index (κ3) is 6.70. The van der Waals surface area contributed by atoms with E-state index in [4.69, 9.17) is 11.6 Å². The maximum Gasteiger partial charge on any atom is 0.244 e. The van der Waals surface area contributed by atoms with E-state index in [9.17, 15) is 18.0 Å². The van der Waals surface area contributed by atoms with Crippen LogP contribution in [0.1, 0.15) is 24.5 Å². The van der Waals surface area contributed by atoms with Crippen molar-refractivity contribution in [2.24, 2.45) is 0 Å². The number of amides is 2. The van der Waals surface area contributed by atoms with Crippen LogP contribution in [0.2, 0.25) is 5.02 Å². The topological polar surface area (TPSA) is 86.8 Å². The number of carbonyl (C=O) groups excluding carboxylic acids is 2. The van der Waals surface area contributed by atoms with Gasteiger partial charge in [-0.3, -0.25) is 13.9 Å². The Bertz CT molecular complexity index is 1040. The van der Waals surface area contributed by atoms with Crippen LogP contribution in [0.4, 0.5) is 5.69 Å². The van der Waals surface area contributed by atoms with Crippen LogP contribution in [0, 0.1) is 6.92 Å². The van der Waals surface area contributed by atoms with Crippen LogP contribution in [-0.2, 0) is 26.2 Å². The Kier molecular flexibility index (Phi) is 8.47. The van der Waals surface area contributed by atoms with Gasteiger partial charge in [0.15, 0.2) is 0 Å². The average molecular weight is 466 g/mol. The number of sulfonamides is 1. The standard InChI is InChI=1S/C22H28ClN3O4S/c1-5-20(22(28)24-3)25(14-17-9-6-8-16(2)12-17)21(27)15-26(31(4,29)30)19-11-7-10-18(23)13-19/h6-13,20H,5,14-15H2,1-4H3,(H,24,28). The third-order valence-corrected chi connectivity index (χ3v) is 6.22. The minimum Gasteiger partial charge on any atom is -0.357 e. The molecule has 0 aliphatic carbocycles. The van der Waals surface area contributed by atoms with E-state index >= 15 is 0 Å². The molecule has 7 nitrogen and oxygen atoms in total. The van der Waals surface area contributed by atoms with Crippen molar-refractivity contribution in [3.63, 3.8) is 0 Å². The lowest BCUT2D eigenvalue weighted by atomic mass is 10.1. The van der Waals surface area contributed by atoms with Crippen molar-refractivity contribution in [3.05, 3.63) is 64.7 Å². The Hall–Kier alpha value is -2.58. The number of likely N-dealkylation sites (N-methyl/N-ethyl adjacent to an activating group) is 1. The van der Waals surface area contributed by atoms with Gasteiger partial charge in [-0.05, 0) is 37.1 Å². The molecule has 0 spiro atoms. The van der Waals surface area contributed by atoms with E-state index in [0.717, 1.165) is 21.7 Å². The summed E-state index contributed by atoms with van der Waals surface area (Å²) in [5.41, 5.74) is 2.16. The first-order chi connectivity index (χ1) is 14.6. The SMILES string of the molecule is CCC(C(=O)NC)N(Cc1cccc(C)c1)C(=O)CN(c1cccc(Cl)c1)S(C)(=O)=O.